The first-order chi connectivity index (χ1) is 7.39. The Morgan fingerprint density at radius 1 is 0.941 bits per heavy atom. The van der Waals surface area contributed by atoms with E-state index in [9.17, 15) is 0 Å². The van der Waals surface area contributed by atoms with Crippen molar-refractivity contribution >= 4 is 20.8 Å². The van der Waals surface area contributed by atoms with Gasteiger partial charge in [0.15, 0.2) is 0 Å². The van der Waals surface area contributed by atoms with Gasteiger partial charge >= 0.3 is 20.8 Å². The van der Waals surface area contributed by atoms with Crippen molar-refractivity contribution in [2.75, 3.05) is 19.8 Å². The van der Waals surface area contributed by atoms with Crippen LogP contribution in [0.3, 0.4) is 0 Å². The molecule has 0 radical (unpaired) electrons. The molecule has 106 valence electrons. The normalized spacial score (nSPS) is 20.4. The van der Waals surface area contributed by atoms with Crippen molar-refractivity contribution in [3.05, 3.63) is 0 Å². The second-order valence-electron chi connectivity index (χ2n) is 2.65. The van der Waals surface area contributed by atoms with Crippen LogP contribution in [0.4, 0.5) is 0 Å². The van der Waals surface area contributed by atoms with Gasteiger partial charge in [-0.2, -0.15) is 16.8 Å². The molecular weight excluding hydrogens is 284 g/mol. The van der Waals surface area contributed by atoms with Crippen LogP contribution in [0, 0.1) is 0 Å². The van der Waals surface area contributed by atoms with Crippen molar-refractivity contribution in [3.63, 3.8) is 0 Å². The fraction of sp³-hybridized carbons (Fsp3) is 1.00. The number of epoxide rings is 2. The molecule has 4 N–H and O–H groups in total. The third-order valence-corrected chi connectivity index (χ3v) is 0.704. The van der Waals surface area contributed by atoms with Crippen LogP contribution in [0.15, 0.2) is 0 Å². The maximum Gasteiger partial charge on any atom is 0.394 e. The smallest absolute Gasteiger partial charge is 0.377 e. The summed E-state index contributed by atoms with van der Waals surface area (Å²) in [6.45, 7) is 5.04. The molecule has 0 aromatic heterocycles. The molecular formula is C5H14O10S2. The van der Waals surface area contributed by atoms with Gasteiger partial charge in [-0.05, 0) is 6.92 Å². The molecule has 0 saturated carbocycles. The van der Waals surface area contributed by atoms with Crippen molar-refractivity contribution in [1.82, 2.24) is 0 Å². The third-order valence-electron chi connectivity index (χ3n) is 0.704. The Bertz CT molecular complexity index is 315. The highest BCUT2D eigenvalue weighted by Gasteiger charge is 2.13. The first kappa shape index (κ1) is 19.0. The Morgan fingerprint density at radius 2 is 1.06 bits per heavy atom. The second-order valence-corrected chi connectivity index (χ2v) is 4.44. The van der Waals surface area contributed by atoms with E-state index in [0.717, 1.165) is 19.8 Å². The van der Waals surface area contributed by atoms with E-state index >= 15 is 0 Å². The molecule has 2 rings (SSSR count). The average Bonchev–Trinajstić information content (AvgIpc) is 2.73. The van der Waals surface area contributed by atoms with Crippen LogP contribution in [-0.2, 0) is 30.3 Å². The molecule has 2 aliphatic heterocycles. The predicted octanol–water partition coefficient (Wildman–Crippen LogP) is -0.884. The Morgan fingerprint density at radius 3 is 1.06 bits per heavy atom. The van der Waals surface area contributed by atoms with E-state index in [-0.39, 0.29) is 0 Å². The lowest BCUT2D eigenvalue weighted by molar-refractivity contribution is 0.378. The Balaban J connectivity index is 0. The van der Waals surface area contributed by atoms with Gasteiger partial charge in [0.1, 0.15) is 0 Å². The highest BCUT2D eigenvalue weighted by atomic mass is 32.3. The third kappa shape index (κ3) is 218. The summed E-state index contributed by atoms with van der Waals surface area (Å²) >= 11 is 0. The quantitative estimate of drug-likeness (QED) is 0.324. The molecule has 17 heavy (non-hydrogen) atoms. The van der Waals surface area contributed by atoms with E-state index in [1.165, 1.54) is 0 Å². The molecule has 2 heterocycles. The summed E-state index contributed by atoms with van der Waals surface area (Å²) in [5, 5.41) is 0. The van der Waals surface area contributed by atoms with Crippen molar-refractivity contribution < 1.29 is 44.5 Å². The van der Waals surface area contributed by atoms with Crippen molar-refractivity contribution in [2.24, 2.45) is 0 Å². The summed E-state index contributed by atoms with van der Waals surface area (Å²) in [6, 6.07) is 0. The van der Waals surface area contributed by atoms with Crippen LogP contribution in [-0.4, -0.2) is 61.0 Å². The first-order valence-corrected chi connectivity index (χ1v) is 6.78. The summed E-state index contributed by atoms with van der Waals surface area (Å²) in [6.07, 6.45) is 0.583. The zero-order valence-electron chi connectivity index (χ0n) is 8.75. The summed E-state index contributed by atoms with van der Waals surface area (Å²) in [5.74, 6) is 0. The Kier molecular flexibility index (Phi) is 9.74. The number of ether oxygens (including phenoxy) is 2. The molecule has 1 atom stereocenters. The number of rotatable bonds is 0. The number of hydrogen-bond acceptors (Lipinski definition) is 6. The van der Waals surface area contributed by atoms with Crippen molar-refractivity contribution in [2.45, 2.75) is 13.0 Å². The van der Waals surface area contributed by atoms with Crippen LogP contribution < -0.4 is 0 Å². The van der Waals surface area contributed by atoms with Gasteiger partial charge in [-0.3, -0.25) is 18.2 Å². The zero-order valence-corrected chi connectivity index (χ0v) is 10.4. The van der Waals surface area contributed by atoms with E-state index in [1.54, 1.807) is 0 Å². The van der Waals surface area contributed by atoms with Crippen LogP contribution in [0.2, 0.25) is 0 Å². The van der Waals surface area contributed by atoms with Crippen molar-refractivity contribution in [3.8, 4) is 0 Å². The lowest BCUT2D eigenvalue weighted by Gasteiger charge is -1.68. The molecule has 2 aliphatic rings. The molecule has 0 bridgehead atoms. The Hall–Kier alpha value is -0.340. The van der Waals surface area contributed by atoms with Crippen LogP contribution in [0.25, 0.3) is 0 Å². The van der Waals surface area contributed by atoms with E-state index in [0.29, 0.717) is 6.10 Å². The molecule has 10 nitrogen and oxygen atoms in total. The van der Waals surface area contributed by atoms with Gasteiger partial charge in [0.25, 0.3) is 0 Å². The van der Waals surface area contributed by atoms with Crippen LogP contribution in [0.1, 0.15) is 6.92 Å². The molecule has 1 unspecified atom stereocenters. The molecule has 0 amide bonds. The molecule has 2 saturated heterocycles. The van der Waals surface area contributed by atoms with Gasteiger partial charge in [-0.1, -0.05) is 0 Å². The fourth-order valence-electron chi connectivity index (χ4n) is 0.0962. The van der Waals surface area contributed by atoms with E-state index in [1.807, 2.05) is 0 Å². The second kappa shape index (κ2) is 8.71. The standard InChI is InChI=1S/C3H6O.C2H4O.2H2O4S/c1-3-2-4-3;1-2-3-1;2*1-5(2,3)4/h3H,2H2,1H3;1-2H2;2*(H2,1,2,3,4). The van der Waals surface area contributed by atoms with Gasteiger partial charge in [-0.25, -0.2) is 0 Å². The zero-order chi connectivity index (χ0) is 14.1. The van der Waals surface area contributed by atoms with Gasteiger partial charge in [0.05, 0.1) is 25.9 Å². The molecule has 0 aromatic carbocycles. The first-order valence-electron chi connectivity index (χ1n) is 3.98. The van der Waals surface area contributed by atoms with Crippen LogP contribution in [0.5, 0.6) is 0 Å². The van der Waals surface area contributed by atoms with E-state index < -0.39 is 20.8 Å². The minimum absolute atomic E-state index is 0.583. The molecule has 2 fully saturated rings. The highest BCUT2D eigenvalue weighted by molar-refractivity contribution is 7.80. The van der Waals surface area contributed by atoms with Crippen LogP contribution >= 0.6 is 0 Å². The average molecular weight is 298 g/mol. The van der Waals surface area contributed by atoms with Gasteiger partial charge in [-0.15, -0.1) is 0 Å². The SMILES string of the molecule is C1CO1.CC1CO1.O=S(=O)(O)O.O=S(=O)(O)O. The van der Waals surface area contributed by atoms with Gasteiger partial charge in [0.2, 0.25) is 0 Å². The maximum absolute atomic E-state index is 8.74. The molecule has 0 aromatic rings. The lowest BCUT2D eigenvalue weighted by atomic mass is 10.6. The largest absolute Gasteiger partial charge is 0.394 e. The summed E-state index contributed by atoms with van der Waals surface area (Å²) in [5.41, 5.74) is 0. The molecule has 12 heteroatoms. The molecule has 0 spiro atoms. The van der Waals surface area contributed by atoms with Crippen molar-refractivity contribution in [1.29, 1.82) is 0 Å². The Labute approximate surface area is 98.7 Å². The van der Waals surface area contributed by atoms with E-state index in [4.69, 9.17) is 39.8 Å². The lowest BCUT2D eigenvalue weighted by Crippen LogP contribution is -1.89. The fourth-order valence-corrected chi connectivity index (χ4v) is 0.0962. The topological polar surface area (TPSA) is 174 Å². The molecule has 0 aliphatic carbocycles. The maximum atomic E-state index is 8.74. The minimum atomic E-state index is -4.67. The predicted molar refractivity (Wildman–Crippen MR) is 54.6 cm³/mol. The highest BCUT2D eigenvalue weighted by Crippen LogP contribution is 2.04. The number of hydrogen-bond donors (Lipinski definition) is 4. The summed E-state index contributed by atoms with van der Waals surface area (Å²) in [7, 11) is -9.33. The summed E-state index contributed by atoms with van der Waals surface area (Å²) in [4.78, 5) is 0. The minimum Gasteiger partial charge on any atom is -0.377 e. The van der Waals surface area contributed by atoms with E-state index in [2.05, 4.69) is 11.7 Å². The summed E-state index contributed by atoms with van der Waals surface area (Å²) < 4.78 is 72.4. The van der Waals surface area contributed by atoms with Gasteiger partial charge < -0.3 is 9.47 Å². The monoisotopic (exact) mass is 298 g/mol. The van der Waals surface area contributed by atoms with Gasteiger partial charge in [0, 0.05) is 0 Å².